The Morgan fingerprint density at radius 1 is 0.131 bits per heavy atom. The maximum absolute atomic E-state index is 9.46. The summed E-state index contributed by atoms with van der Waals surface area (Å²) in [6.45, 7) is 0. The van der Waals surface area contributed by atoms with Crippen molar-refractivity contribution in [1.82, 2.24) is 0 Å². The van der Waals surface area contributed by atoms with Crippen LogP contribution in [0, 0.1) is 0 Å². The van der Waals surface area contributed by atoms with Gasteiger partial charge in [0, 0.05) is 48.5 Å². The van der Waals surface area contributed by atoms with Crippen molar-refractivity contribution in [3.8, 4) is 100 Å². The van der Waals surface area contributed by atoms with E-state index in [-0.39, 0.29) is 137 Å². The first-order chi connectivity index (χ1) is 77.9. The summed E-state index contributed by atoms with van der Waals surface area (Å²) in [5.74, 6) is 0. The Morgan fingerprint density at radius 3 is 0.730 bits per heavy atom. The highest BCUT2D eigenvalue weighted by molar-refractivity contribution is 6.28. The van der Waals surface area contributed by atoms with Crippen LogP contribution < -0.4 is 0 Å². The summed E-state index contributed by atoms with van der Waals surface area (Å²) in [6, 6.07) is 105. The van der Waals surface area contributed by atoms with Crippen LogP contribution in [-0.2, 0) is 0 Å². The molecule has 3 aromatic heterocycles. The molecule has 0 aliphatic heterocycles. The molecule has 0 atom stereocenters. The summed E-state index contributed by atoms with van der Waals surface area (Å²) in [4.78, 5) is 0. The van der Waals surface area contributed by atoms with Crippen molar-refractivity contribution in [3.63, 3.8) is 0 Å². The fraction of sp³-hybridized carbons (Fsp3) is 0. The second-order valence-corrected chi connectivity index (χ2v) is 34.4. The Hall–Kier alpha value is -18.0. The summed E-state index contributed by atoms with van der Waals surface area (Å²) >= 11 is 0. The monoisotopic (exact) mass is 1760 g/mol. The lowest BCUT2D eigenvalue weighted by Gasteiger charge is -2.20. The molecule has 3 nitrogen and oxygen atoms in total. The first-order valence-electron chi connectivity index (χ1n) is 57.2. The largest absolute Gasteiger partial charge is 0.455 e. The molecular weight excluding hydrogens is 1660 g/mol. The molecule has 3 heterocycles. The Balaban J connectivity index is 0.000000117. The van der Waals surface area contributed by atoms with Gasteiger partial charge >= 0.3 is 0 Å². The predicted molar refractivity (Wildman–Crippen MR) is 583 cm³/mol. The van der Waals surface area contributed by atoms with Crippen molar-refractivity contribution in [1.29, 1.82) is 0 Å². The minimum Gasteiger partial charge on any atom is -0.455 e. The smallest absolute Gasteiger partial charge is 0.143 e. The standard InChI is InChI=1S/C48H30O.C46H28O.C40H24O/c1-2-12-31(13-3-1)32-22-24-34(25-23-32)36-15-6-7-17-38(36)47-41-20-10-8-18-39(41)46(40-19-9-11-21-42(40)47)35-27-29-45-44(30-35)43-28-26-33-14-4-5-16-37(33)48(43)49-45;1-2-10-29(11-3-1)31-18-19-33-27-34(21-20-32(33)26-31)44-37-14-6-8-16-39(37)45(40-17-9-7-15-38(40)44)35-23-25-43-42(28-35)41-24-22-30-12-4-5-13-36(30)46(41)47-43;1-2-11-27-23-28(18-17-25(27)9-1)38-31-13-5-7-15-33(31)39(34-16-8-6-14-32(34)38)29-20-22-37-36(24-29)35-21-19-26-10-3-4-12-30(26)40(35)41-37/h1-30H;1-28H;1-24H/i8D,9D,10D,11D,18D,19D,20D,21D;6D,7D,8D,9D,14D,15D,16D,17D;5D,6D,7D,8D,13D,14D,15D,16D. The van der Waals surface area contributed by atoms with Gasteiger partial charge < -0.3 is 13.3 Å². The van der Waals surface area contributed by atoms with Crippen LogP contribution in [0.5, 0.6) is 0 Å². The number of furan rings is 3. The summed E-state index contributed by atoms with van der Waals surface area (Å²) < 4.78 is 237. The van der Waals surface area contributed by atoms with E-state index >= 15 is 0 Å². The third-order valence-electron chi connectivity index (χ3n) is 26.8. The number of benzene rings is 26. The van der Waals surface area contributed by atoms with Crippen molar-refractivity contribution in [3.05, 3.63) is 497 Å². The average molecular weight is 1760 g/mol. The molecule has 3 heteroatoms. The molecule has 137 heavy (non-hydrogen) atoms. The SMILES string of the molecule is [2H]c1c([2H])c([2H])c2c(-c3ccc4oc5c6ccccc6ccc5c4c3)c3c([2H])c([2H])c([2H])c([2H])c3c(-c3ccc4cc(-c5ccccc5)ccc4c3)c2c1[2H].[2H]c1c([2H])c([2H])c2c(-c3ccc4oc5c6ccccc6ccc5c4c3)c3c([2H])c([2H])c([2H])c([2H])c3c(-c3ccc4ccccc4c3)c2c1[2H].[2H]c1c([2H])c([2H])c2c(-c3ccccc3-c3ccc(-c4ccccc4)cc3)c3c([2H])c([2H])c([2H])c([2H])c3c(-c3ccc4oc5c6ccccc6ccc5c4c3)c2c1[2H]. The van der Waals surface area contributed by atoms with Crippen LogP contribution in [-0.4, -0.2) is 0 Å². The van der Waals surface area contributed by atoms with Crippen LogP contribution in [0.1, 0.15) is 32.9 Å². The summed E-state index contributed by atoms with van der Waals surface area (Å²) in [7, 11) is 0. The van der Waals surface area contributed by atoms with E-state index in [0.717, 1.165) is 125 Å². The van der Waals surface area contributed by atoms with Crippen LogP contribution in [0.2, 0.25) is 0 Å². The number of rotatable bonds is 9. The van der Waals surface area contributed by atoms with Crippen LogP contribution in [0.4, 0.5) is 0 Å². The molecule has 636 valence electrons. The van der Waals surface area contributed by atoms with Crippen molar-refractivity contribution >= 4 is 184 Å². The van der Waals surface area contributed by atoms with Gasteiger partial charge in [0.05, 0.1) is 32.9 Å². The molecule has 0 saturated carbocycles. The van der Waals surface area contributed by atoms with E-state index in [1.54, 1.807) is 18.2 Å². The minimum atomic E-state index is -0.439. The van der Waals surface area contributed by atoms with Gasteiger partial charge in [-0.3, -0.25) is 0 Å². The van der Waals surface area contributed by atoms with E-state index in [0.29, 0.717) is 94.7 Å². The number of hydrogen-bond donors (Lipinski definition) is 0. The van der Waals surface area contributed by atoms with Crippen LogP contribution in [0.25, 0.3) is 284 Å². The summed E-state index contributed by atoms with van der Waals surface area (Å²) in [5, 5.41) is 16.6. The van der Waals surface area contributed by atoms with E-state index in [9.17, 15) is 16.4 Å². The zero-order chi connectivity index (χ0) is 111. The molecule has 0 radical (unpaired) electrons. The molecule has 0 aliphatic carbocycles. The second-order valence-electron chi connectivity index (χ2n) is 34.4. The van der Waals surface area contributed by atoms with Crippen molar-refractivity contribution in [2.45, 2.75) is 0 Å². The van der Waals surface area contributed by atoms with E-state index < -0.39 is 72.5 Å². The van der Waals surface area contributed by atoms with Gasteiger partial charge in [0.15, 0.2) is 0 Å². The lowest BCUT2D eigenvalue weighted by molar-refractivity contribution is 0.672. The van der Waals surface area contributed by atoms with Gasteiger partial charge in [0.25, 0.3) is 0 Å². The van der Waals surface area contributed by atoms with Crippen molar-refractivity contribution < 1.29 is 46.1 Å². The molecule has 29 aromatic rings. The summed E-state index contributed by atoms with van der Waals surface area (Å²) in [6.07, 6.45) is 0. The zero-order valence-corrected chi connectivity index (χ0v) is 72.7. The lowest BCUT2D eigenvalue weighted by atomic mass is 9.83. The van der Waals surface area contributed by atoms with Crippen LogP contribution in [0.3, 0.4) is 0 Å². The Labute approximate surface area is 823 Å². The second kappa shape index (κ2) is 32.5. The molecule has 0 bridgehead atoms. The molecular formula is C134H82O3. The molecule has 0 amide bonds. The third-order valence-corrected chi connectivity index (χ3v) is 26.8. The normalized spacial score (nSPS) is 14.2. The fourth-order valence-corrected chi connectivity index (χ4v) is 20.5. The molecule has 0 spiro atoms. The van der Waals surface area contributed by atoms with Crippen LogP contribution in [0.15, 0.2) is 510 Å². The highest BCUT2D eigenvalue weighted by atomic mass is 16.3. The van der Waals surface area contributed by atoms with Gasteiger partial charge in [-0.05, 0) is 275 Å². The van der Waals surface area contributed by atoms with E-state index in [1.165, 1.54) is 0 Å². The van der Waals surface area contributed by atoms with Gasteiger partial charge in [-0.25, -0.2) is 0 Å². The Bertz CT molecular complexity index is 11300. The lowest BCUT2D eigenvalue weighted by Crippen LogP contribution is -1.92. The van der Waals surface area contributed by atoms with Crippen molar-refractivity contribution in [2.24, 2.45) is 0 Å². The van der Waals surface area contributed by atoms with Gasteiger partial charge in [0.1, 0.15) is 33.5 Å². The Kier molecular flexibility index (Phi) is 13.7. The first kappa shape index (κ1) is 58.0. The Morgan fingerprint density at radius 2 is 0.365 bits per heavy atom. The van der Waals surface area contributed by atoms with Gasteiger partial charge in [-0.15, -0.1) is 0 Å². The highest BCUT2D eigenvalue weighted by Crippen LogP contribution is 2.52. The highest BCUT2D eigenvalue weighted by Gasteiger charge is 2.25. The molecule has 0 saturated heterocycles. The minimum absolute atomic E-state index is 0.167. The average Bonchev–Trinajstić information content (AvgIpc) is 1.67. The number of fused-ring (bicyclic) bond motifs is 23. The van der Waals surface area contributed by atoms with Crippen molar-refractivity contribution in [2.75, 3.05) is 0 Å². The maximum Gasteiger partial charge on any atom is 0.143 e. The van der Waals surface area contributed by atoms with Gasteiger partial charge in [-0.2, -0.15) is 0 Å². The maximum atomic E-state index is 9.46. The quantitative estimate of drug-likeness (QED) is 0.135. The molecule has 26 aromatic carbocycles. The number of hydrogen-bond acceptors (Lipinski definition) is 3. The molecule has 29 rings (SSSR count). The summed E-state index contributed by atoms with van der Waals surface area (Å²) in [5.41, 5.74) is 15.0. The van der Waals surface area contributed by atoms with Gasteiger partial charge in [-0.1, -0.05) is 424 Å². The van der Waals surface area contributed by atoms with E-state index in [1.807, 2.05) is 328 Å². The van der Waals surface area contributed by atoms with Crippen LogP contribution >= 0.6 is 0 Å². The topological polar surface area (TPSA) is 39.4 Å². The zero-order valence-electron chi connectivity index (χ0n) is 96.7. The molecule has 0 unspecified atom stereocenters. The first-order valence-corrected chi connectivity index (χ1v) is 45.2. The predicted octanol–water partition coefficient (Wildman–Crippen LogP) is 38.4. The van der Waals surface area contributed by atoms with E-state index in [4.69, 9.17) is 29.7 Å². The van der Waals surface area contributed by atoms with E-state index in [2.05, 4.69) is 6.07 Å². The fourth-order valence-electron chi connectivity index (χ4n) is 20.5. The molecule has 0 fully saturated rings. The third kappa shape index (κ3) is 13.3. The molecule has 0 aliphatic rings. The van der Waals surface area contributed by atoms with Gasteiger partial charge in [0.2, 0.25) is 0 Å². The molecule has 0 N–H and O–H groups in total.